The van der Waals surface area contributed by atoms with Gasteiger partial charge < -0.3 is 18.5 Å². The number of carbonyl (C=O) groups excluding carboxylic acids is 1. The summed E-state index contributed by atoms with van der Waals surface area (Å²) in [6.07, 6.45) is 3.21. The van der Waals surface area contributed by atoms with E-state index in [4.69, 9.17) is 18.9 Å². The number of ether oxygens (including phenoxy) is 2. The third-order valence-corrected chi connectivity index (χ3v) is 6.51. The molecular weight excluding hydrogens is 508 g/mol. The number of furan rings is 1. The lowest BCUT2D eigenvalue weighted by molar-refractivity contribution is -0.148. The Balaban J connectivity index is 1.50. The number of rotatable bonds is 7. The molecule has 0 aliphatic heterocycles. The molecule has 0 saturated heterocycles. The van der Waals surface area contributed by atoms with E-state index in [1.165, 1.54) is 4.68 Å². The van der Waals surface area contributed by atoms with Gasteiger partial charge in [0.1, 0.15) is 17.9 Å². The highest BCUT2D eigenvalue weighted by Crippen LogP contribution is 2.33. The Kier molecular flexibility index (Phi) is 6.39. The molecule has 3 heterocycles. The average molecular weight is 535 g/mol. The normalized spacial score (nSPS) is 11.8. The minimum Gasteiger partial charge on any atom is -0.496 e. The van der Waals surface area contributed by atoms with Crippen molar-refractivity contribution < 1.29 is 18.7 Å². The number of nitrogens with zero attached hydrogens (tertiary/aromatic N) is 4. The molecule has 0 radical (unpaired) electrons. The van der Waals surface area contributed by atoms with Crippen LogP contribution in [0.5, 0.6) is 5.75 Å². The summed E-state index contributed by atoms with van der Waals surface area (Å²) >= 11 is 0. The zero-order valence-electron chi connectivity index (χ0n) is 22.2. The number of fused-ring (bicyclic) bond motifs is 3. The van der Waals surface area contributed by atoms with Crippen molar-refractivity contribution in [2.45, 2.75) is 26.5 Å². The van der Waals surface area contributed by atoms with Crippen molar-refractivity contribution in [2.24, 2.45) is 5.10 Å². The molecule has 3 aromatic heterocycles. The van der Waals surface area contributed by atoms with Gasteiger partial charge in [0.05, 0.1) is 35.7 Å². The number of hydrogen-bond acceptors (Lipinski definition) is 7. The molecule has 9 nitrogen and oxygen atoms in total. The van der Waals surface area contributed by atoms with Crippen LogP contribution in [0.1, 0.15) is 19.4 Å². The van der Waals surface area contributed by atoms with Crippen molar-refractivity contribution in [3.8, 4) is 17.3 Å². The predicted molar refractivity (Wildman–Crippen MR) is 154 cm³/mol. The number of para-hydroxylation sites is 2. The summed E-state index contributed by atoms with van der Waals surface area (Å²) in [7, 11) is 1.59. The number of benzene rings is 3. The van der Waals surface area contributed by atoms with E-state index < -0.39 is 0 Å². The number of esters is 1. The fraction of sp³-hybridized carbons (Fsp3) is 0.161. The summed E-state index contributed by atoms with van der Waals surface area (Å²) in [5.74, 6) is 0.937. The average Bonchev–Trinajstić information content (AvgIpc) is 3.54. The smallest absolute Gasteiger partial charge is 0.326 e. The van der Waals surface area contributed by atoms with Crippen LogP contribution in [-0.4, -0.2) is 39.6 Å². The van der Waals surface area contributed by atoms with Crippen molar-refractivity contribution in [2.75, 3.05) is 7.11 Å². The number of hydrogen-bond donors (Lipinski definition) is 0. The van der Waals surface area contributed by atoms with E-state index in [0.29, 0.717) is 28.0 Å². The van der Waals surface area contributed by atoms with Crippen LogP contribution >= 0.6 is 0 Å². The molecule has 0 N–H and O–H groups in total. The monoisotopic (exact) mass is 534 g/mol. The summed E-state index contributed by atoms with van der Waals surface area (Å²) in [4.78, 5) is 30.8. The lowest BCUT2D eigenvalue weighted by Crippen LogP contribution is -2.20. The third-order valence-electron chi connectivity index (χ3n) is 6.51. The Hall–Kier alpha value is -5.18. The molecule has 40 heavy (non-hydrogen) atoms. The Morgan fingerprint density at radius 2 is 1.80 bits per heavy atom. The molecule has 9 heteroatoms. The van der Waals surface area contributed by atoms with E-state index in [1.807, 2.05) is 73.1 Å². The van der Waals surface area contributed by atoms with E-state index in [9.17, 15) is 9.59 Å². The van der Waals surface area contributed by atoms with E-state index in [2.05, 4.69) is 5.10 Å². The van der Waals surface area contributed by atoms with Crippen LogP contribution in [0.15, 0.2) is 93.3 Å². The van der Waals surface area contributed by atoms with Crippen LogP contribution in [0.3, 0.4) is 0 Å². The Morgan fingerprint density at radius 3 is 2.60 bits per heavy atom. The molecular formula is C31H26N4O5. The minimum atomic E-state index is -0.339. The van der Waals surface area contributed by atoms with Crippen molar-refractivity contribution in [1.82, 2.24) is 14.2 Å². The zero-order chi connectivity index (χ0) is 27.8. The van der Waals surface area contributed by atoms with E-state index in [1.54, 1.807) is 37.6 Å². The molecule has 6 aromatic rings. The number of carbonyl (C=O) groups is 1. The van der Waals surface area contributed by atoms with Crippen molar-refractivity contribution >= 4 is 45.0 Å². The molecule has 0 bridgehead atoms. The molecule has 0 atom stereocenters. The largest absolute Gasteiger partial charge is 0.496 e. The maximum absolute atomic E-state index is 13.7. The molecule has 0 aliphatic rings. The highest BCUT2D eigenvalue weighted by Gasteiger charge is 2.18. The van der Waals surface area contributed by atoms with Crippen LogP contribution in [0.4, 0.5) is 0 Å². The molecule has 200 valence electrons. The maximum Gasteiger partial charge on any atom is 0.326 e. The molecule has 6 rings (SSSR count). The molecule has 0 fully saturated rings. The first-order valence-corrected chi connectivity index (χ1v) is 12.8. The van der Waals surface area contributed by atoms with Crippen LogP contribution in [0.2, 0.25) is 0 Å². The lowest BCUT2D eigenvalue weighted by Gasteiger charge is -2.09. The molecule has 0 saturated carbocycles. The van der Waals surface area contributed by atoms with Gasteiger partial charge in [0.25, 0.3) is 5.56 Å². The standard InChI is InChI=1S/C31H26N4O5/c1-19(2)39-29(36)18-34-17-20(21-9-5-7-12-25(21)34)16-32-35-30(33-24-11-6-4-10-22(24)31(35)37)28-15-23-26(38-3)13-8-14-27(23)40-28/h4-17,19H,18H2,1-3H3. The number of aromatic nitrogens is 3. The highest BCUT2D eigenvalue weighted by atomic mass is 16.5. The van der Waals surface area contributed by atoms with E-state index in [-0.39, 0.29) is 30.0 Å². The van der Waals surface area contributed by atoms with E-state index >= 15 is 0 Å². The SMILES string of the molecule is COc1cccc2oc(-c3nc4ccccc4c(=O)n3N=Cc3cn(CC(=O)OC(C)C)c4ccccc34)cc12. The summed E-state index contributed by atoms with van der Waals surface area (Å²) in [6, 6.07) is 22.1. The quantitative estimate of drug-likeness (QED) is 0.195. The van der Waals surface area contributed by atoms with Crippen molar-refractivity contribution in [3.05, 3.63) is 94.9 Å². The maximum atomic E-state index is 13.7. The first-order chi connectivity index (χ1) is 19.4. The van der Waals surface area contributed by atoms with Crippen LogP contribution in [0, 0.1) is 0 Å². The van der Waals surface area contributed by atoms with Gasteiger partial charge in [0, 0.05) is 22.7 Å². The summed E-state index contributed by atoms with van der Waals surface area (Å²) < 4.78 is 20.0. The molecule has 0 amide bonds. The summed E-state index contributed by atoms with van der Waals surface area (Å²) in [5.41, 5.74) is 2.36. The zero-order valence-corrected chi connectivity index (χ0v) is 22.2. The van der Waals surface area contributed by atoms with Crippen molar-refractivity contribution in [3.63, 3.8) is 0 Å². The second-order valence-electron chi connectivity index (χ2n) is 9.56. The minimum absolute atomic E-state index is 0.0517. The molecule has 0 aliphatic carbocycles. The van der Waals surface area contributed by atoms with Crippen LogP contribution in [0.25, 0.3) is 44.4 Å². The Labute approximate surface area is 228 Å². The highest BCUT2D eigenvalue weighted by molar-refractivity contribution is 6.00. The van der Waals surface area contributed by atoms with Crippen LogP contribution in [-0.2, 0) is 16.1 Å². The van der Waals surface area contributed by atoms with Gasteiger partial charge in [-0.25, -0.2) is 4.98 Å². The van der Waals surface area contributed by atoms with Gasteiger partial charge in [0.2, 0.25) is 5.82 Å². The predicted octanol–water partition coefficient (Wildman–Crippen LogP) is 5.61. The van der Waals surface area contributed by atoms with Gasteiger partial charge in [0.15, 0.2) is 5.76 Å². The Morgan fingerprint density at radius 1 is 1.02 bits per heavy atom. The van der Waals surface area contributed by atoms with Gasteiger partial charge in [-0.3, -0.25) is 9.59 Å². The van der Waals surface area contributed by atoms with Crippen molar-refractivity contribution in [1.29, 1.82) is 0 Å². The second-order valence-corrected chi connectivity index (χ2v) is 9.56. The van der Waals surface area contributed by atoms with Gasteiger partial charge >= 0.3 is 5.97 Å². The number of methoxy groups -OCH3 is 1. The summed E-state index contributed by atoms with van der Waals surface area (Å²) in [5, 5.41) is 6.66. The molecule has 3 aromatic carbocycles. The first kappa shape index (κ1) is 25.1. The topological polar surface area (TPSA) is 101 Å². The fourth-order valence-corrected chi connectivity index (χ4v) is 4.78. The van der Waals surface area contributed by atoms with Gasteiger partial charge in [-0.2, -0.15) is 9.78 Å². The first-order valence-electron chi connectivity index (χ1n) is 12.8. The second kappa shape index (κ2) is 10.2. The fourth-order valence-electron chi connectivity index (χ4n) is 4.78. The summed E-state index contributed by atoms with van der Waals surface area (Å²) in [6.45, 7) is 3.68. The van der Waals surface area contributed by atoms with Gasteiger partial charge in [-0.1, -0.05) is 36.4 Å². The molecule has 0 spiro atoms. The lowest BCUT2D eigenvalue weighted by atomic mass is 10.2. The molecule has 0 unspecified atom stereocenters. The third kappa shape index (κ3) is 4.51. The van der Waals surface area contributed by atoms with Crippen LogP contribution < -0.4 is 10.3 Å². The van der Waals surface area contributed by atoms with Gasteiger partial charge in [-0.05, 0) is 50.2 Å². The Bertz CT molecular complexity index is 1980. The van der Waals surface area contributed by atoms with E-state index in [0.717, 1.165) is 21.9 Å². The van der Waals surface area contributed by atoms with Gasteiger partial charge in [-0.15, -0.1) is 0 Å².